The second-order valence-electron chi connectivity index (χ2n) is 6.62. The van der Waals surface area contributed by atoms with Gasteiger partial charge < -0.3 is 10.6 Å². The number of nitriles is 1. The topological polar surface area (TPSA) is 82.7 Å². The molecule has 0 unspecified atom stereocenters. The summed E-state index contributed by atoms with van der Waals surface area (Å²) in [6, 6.07) is 11.7. The lowest BCUT2D eigenvalue weighted by molar-refractivity contribution is -0.123. The lowest BCUT2D eigenvalue weighted by Crippen LogP contribution is -2.52. The van der Waals surface area contributed by atoms with Crippen LogP contribution in [0.25, 0.3) is 5.69 Å². The third-order valence-electron chi connectivity index (χ3n) is 4.66. The third kappa shape index (κ3) is 4.00. The van der Waals surface area contributed by atoms with Gasteiger partial charge in [-0.3, -0.25) is 4.79 Å². The van der Waals surface area contributed by atoms with Crippen molar-refractivity contribution in [2.45, 2.75) is 50.6 Å². The molecule has 6 nitrogen and oxygen atoms in total. The van der Waals surface area contributed by atoms with Crippen LogP contribution in [0.15, 0.2) is 42.7 Å². The van der Waals surface area contributed by atoms with Crippen LogP contribution in [0.4, 0.5) is 5.69 Å². The number of hydrogen-bond donors (Lipinski definition) is 2. The van der Waals surface area contributed by atoms with Crippen LogP contribution < -0.4 is 10.6 Å². The van der Waals surface area contributed by atoms with Crippen molar-refractivity contribution >= 4 is 11.6 Å². The molecule has 0 bridgehead atoms. The average Bonchev–Trinajstić information content (AvgIpc) is 3.11. The highest BCUT2D eigenvalue weighted by molar-refractivity contribution is 5.85. The van der Waals surface area contributed by atoms with Crippen LogP contribution in [0.1, 0.15) is 39.0 Å². The molecule has 1 heterocycles. The Kier molecular flexibility index (Phi) is 5.03. The molecule has 2 aromatic rings. The predicted octanol–water partition coefficient (Wildman–Crippen LogP) is 3.02. The molecule has 1 aromatic carbocycles. The molecule has 130 valence electrons. The van der Waals surface area contributed by atoms with E-state index in [4.69, 9.17) is 0 Å². The van der Waals surface area contributed by atoms with Gasteiger partial charge in [-0.15, -0.1) is 0 Å². The minimum atomic E-state index is -0.709. The van der Waals surface area contributed by atoms with Crippen molar-refractivity contribution in [3.8, 4) is 11.8 Å². The molecule has 1 atom stereocenters. The van der Waals surface area contributed by atoms with Crippen LogP contribution in [0.5, 0.6) is 0 Å². The largest absolute Gasteiger partial charge is 0.371 e. The summed E-state index contributed by atoms with van der Waals surface area (Å²) >= 11 is 0. The van der Waals surface area contributed by atoms with Crippen molar-refractivity contribution in [3.05, 3.63) is 42.7 Å². The van der Waals surface area contributed by atoms with E-state index in [1.807, 2.05) is 36.5 Å². The van der Waals surface area contributed by atoms with E-state index < -0.39 is 11.6 Å². The van der Waals surface area contributed by atoms with E-state index in [0.717, 1.165) is 43.5 Å². The first kappa shape index (κ1) is 17.0. The maximum absolute atomic E-state index is 12.5. The summed E-state index contributed by atoms with van der Waals surface area (Å²) in [6.07, 6.45) is 8.10. The van der Waals surface area contributed by atoms with Gasteiger partial charge in [-0.25, -0.2) is 4.68 Å². The molecule has 1 aliphatic carbocycles. The fourth-order valence-corrected chi connectivity index (χ4v) is 3.20. The van der Waals surface area contributed by atoms with E-state index in [1.165, 1.54) is 0 Å². The van der Waals surface area contributed by atoms with Crippen molar-refractivity contribution in [2.24, 2.45) is 0 Å². The number of hydrogen-bond acceptors (Lipinski definition) is 4. The van der Waals surface area contributed by atoms with Gasteiger partial charge >= 0.3 is 0 Å². The highest BCUT2D eigenvalue weighted by atomic mass is 16.2. The molecule has 2 N–H and O–H groups in total. The van der Waals surface area contributed by atoms with E-state index in [0.29, 0.717) is 0 Å². The minimum absolute atomic E-state index is 0.157. The van der Waals surface area contributed by atoms with Gasteiger partial charge in [0.25, 0.3) is 0 Å². The predicted molar refractivity (Wildman–Crippen MR) is 96.2 cm³/mol. The number of nitrogens with one attached hydrogen (secondary N) is 2. The molecule has 1 saturated carbocycles. The molecule has 0 radical (unpaired) electrons. The number of nitrogens with zero attached hydrogens (tertiary/aromatic N) is 3. The SMILES string of the molecule is C[C@H](Nc1cnn(-c2ccccc2)c1)C(=O)NC1(C#N)CCCCC1. The Morgan fingerprint density at radius 3 is 2.68 bits per heavy atom. The first-order valence-corrected chi connectivity index (χ1v) is 8.72. The van der Waals surface area contributed by atoms with Crippen LogP contribution >= 0.6 is 0 Å². The Hall–Kier alpha value is -2.81. The van der Waals surface area contributed by atoms with E-state index in [-0.39, 0.29) is 5.91 Å². The minimum Gasteiger partial charge on any atom is -0.371 e. The molecule has 1 fully saturated rings. The summed E-state index contributed by atoms with van der Waals surface area (Å²) in [5.41, 5.74) is 1.01. The van der Waals surface area contributed by atoms with Gasteiger partial charge in [0.05, 0.1) is 29.8 Å². The molecule has 25 heavy (non-hydrogen) atoms. The molecule has 1 aliphatic rings. The first-order valence-electron chi connectivity index (χ1n) is 8.72. The number of rotatable bonds is 5. The van der Waals surface area contributed by atoms with Gasteiger partial charge in [-0.2, -0.15) is 10.4 Å². The van der Waals surface area contributed by atoms with Gasteiger partial charge in [-0.05, 0) is 31.9 Å². The van der Waals surface area contributed by atoms with Gasteiger partial charge in [-0.1, -0.05) is 37.5 Å². The zero-order valence-corrected chi connectivity index (χ0v) is 14.4. The Morgan fingerprint density at radius 2 is 2.00 bits per heavy atom. The highest BCUT2D eigenvalue weighted by Crippen LogP contribution is 2.27. The Bertz CT molecular complexity index is 756. The quantitative estimate of drug-likeness (QED) is 0.878. The summed E-state index contributed by atoms with van der Waals surface area (Å²) in [7, 11) is 0. The number of carbonyl (C=O) groups excluding carboxylic acids is 1. The summed E-state index contributed by atoms with van der Waals surface area (Å²) in [4.78, 5) is 12.5. The Labute approximate surface area is 147 Å². The Balaban J connectivity index is 1.62. The molecule has 6 heteroatoms. The van der Waals surface area contributed by atoms with Crippen molar-refractivity contribution in [1.29, 1.82) is 5.26 Å². The molecule has 0 spiro atoms. The molecule has 0 saturated heterocycles. The Morgan fingerprint density at radius 1 is 1.28 bits per heavy atom. The van der Waals surface area contributed by atoms with Crippen LogP contribution in [0.3, 0.4) is 0 Å². The van der Waals surface area contributed by atoms with Gasteiger partial charge in [0.1, 0.15) is 11.6 Å². The summed E-state index contributed by atoms with van der Waals surface area (Å²) in [5.74, 6) is -0.157. The second-order valence-corrected chi connectivity index (χ2v) is 6.62. The number of carbonyl (C=O) groups is 1. The van der Waals surface area contributed by atoms with E-state index in [2.05, 4.69) is 21.8 Å². The monoisotopic (exact) mass is 337 g/mol. The number of para-hydroxylation sites is 1. The average molecular weight is 337 g/mol. The van der Waals surface area contributed by atoms with Gasteiger partial charge in [0.15, 0.2) is 0 Å². The van der Waals surface area contributed by atoms with Crippen LogP contribution in [-0.4, -0.2) is 27.3 Å². The summed E-state index contributed by atoms with van der Waals surface area (Å²) < 4.78 is 1.75. The van der Waals surface area contributed by atoms with Gasteiger partial charge in [0.2, 0.25) is 5.91 Å². The van der Waals surface area contributed by atoms with Crippen molar-refractivity contribution < 1.29 is 4.79 Å². The van der Waals surface area contributed by atoms with Crippen molar-refractivity contribution in [2.75, 3.05) is 5.32 Å². The maximum atomic E-state index is 12.5. The summed E-state index contributed by atoms with van der Waals surface area (Å²) in [6.45, 7) is 1.79. The fourth-order valence-electron chi connectivity index (χ4n) is 3.20. The zero-order valence-electron chi connectivity index (χ0n) is 14.4. The van der Waals surface area contributed by atoms with Crippen molar-refractivity contribution in [1.82, 2.24) is 15.1 Å². The number of aromatic nitrogens is 2. The zero-order chi connectivity index (χ0) is 17.7. The van der Waals surface area contributed by atoms with E-state index >= 15 is 0 Å². The van der Waals surface area contributed by atoms with Crippen LogP contribution in [-0.2, 0) is 4.79 Å². The molecule has 1 aromatic heterocycles. The highest BCUT2D eigenvalue weighted by Gasteiger charge is 2.34. The van der Waals surface area contributed by atoms with Gasteiger partial charge in [0, 0.05) is 0 Å². The van der Waals surface area contributed by atoms with Crippen LogP contribution in [0, 0.1) is 11.3 Å². The maximum Gasteiger partial charge on any atom is 0.243 e. The third-order valence-corrected chi connectivity index (χ3v) is 4.66. The molecule has 0 aliphatic heterocycles. The van der Waals surface area contributed by atoms with E-state index in [9.17, 15) is 10.1 Å². The lowest BCUT2D eigenvalue weighted by atomic mass is 9.82. The standard InChI is InChI=1S/C19H23N5O/c1-15(18(25)23-19(14-20)10-6-3-7-11-19)22-16-12-21-24(13-16)17-8-4-2-5-9-17/h2,4-5,8-9,12-13,15,22H,3,6-7,10-11H2,1H3,(H,23,25)/t15-/m0/s1. The molecule has 3 rings (SSSR count). The number of benzene rings is 1. The molecular weight excluding hydrogens is 314 g/mol. The molecule has 1 amide bonds. The number of anilines is 1. The molecular formula is C19H23N5O. The van der Waals surface area contributed by atoms with Crippen molar-refractivity contribution in [3.63, 3.8) is 0 Å². The second kappa shape index (κ2) is 7.39. The summed E-state index contributed by atoms with van der Waals surface area (Å²) in [5, 5.41) is 19.9. The fraction of sp³-hybridized carbons (Fsp3) is 0.421. The lowest BCUT2D eigenvalue weighted by Gasteiger charge is -2.32. The first-order chi connectivity index (χ1) is 12.1. The number of amides is 1. The normalized spacial score (nSPS) is 17.3. The van der Waals surface area contributed by atoms with E-state index in [1.54, 1.807) is 17.8 Å². The smallest absolute Gasteiger partial charge is 0.243 e. The van der Waals surface area contributed by atoms with Crippen LogP contribution in [0.2, 0.25) is 0 Å².